The van der Waals surface area contributed by atoms with E-state index in [4.69, 9.17) is 4.74 Å². The molecule has 0 atom stereocenters. The molecule has 4 nitrogen and oxygen atoms in total. The third kappa shape index (κ3) is 2.31. The molecule has 3 aliphatic rings. The van der Waals surface area contributed by atoms with Crippen LogP contribution in [0.4, 0.5) is 10.1 Å². The number of rotatable bonds is 4. The maximum atomic E-state index is 13.8. The van der Waals surface area contributed by atoms with Gasteiger partial charge in [-0.2, -0.15) is 0 Å². The molecule has 23 heavy (non-hydrogen) atoms. The summed E-state index contributed by atoms with van der Waals surface area (Å²) in [7, 11) is 0. The summed E-state index contributed by atoms with van der Waals surface area (Å²) in [5.41, 5.74) is 1.71. The van der Waals surface area contributed by atoms with Crippen LogP contribution >= 0.6 is 15.9 Å². The van der Waals surface area contributed by atoms with Crippen LogP contribution in [0.15, 0.2) is 22.8 Å². The van der Waals surface area contributed by atoms with Gasteiger partial charge in [0.15, 0.2) is 0 Å². The fourth-order valence-corrected chi connectivity index (χ4v) is 3.93. The number of anilines is 1. The number of benzene rings is 1. The fraction of sp³-hybridized carbons (Fsp3) is 0.412. The van der Waals surface area contributed by atoms with Gasteiger partial charge in [-0.05, 0) is 54.1 Å². The van der Waals surface area contributed by atoms with Crippen molar-refractivity contribution in [1.82, 2.24) is 4.98 Å². The first-order chi connectivity index (χ1) is 11.0. The molecule has 1 aromatic carbocycles. The first kappa shape index (κ1) is 14.9. The van der Waals surface area contributed by atoms with Gasteiger partial charge < -0.3 is 10.1 Å². The molecule has 0 amide bonds. The summed E-state index contributed by atoms with van der Waals surface area (Å²) >= 11 is 3.22. The Bertz CT molecular complexity index is 807. The molecule has 1 N–H and O–H groups in total. The number of hydrogen-bond acceptors (Lipinski definition) is 4. The highest BCUT2D eigenvalue weighted by Gasteiger charge is 2.56. The average Bonchev–Trinajstić information content (AvgIpc) is 2.43. The molecule has 1 aromatic heterocycles. The third-order valence-corrected chi connectivity index (χ3v) is 5.44. The quantitative estimate of drug-likeness (QED) is 0.806. The summed E-state index contributed by atoms with van der Waals surface area (Å²) in [6, 6.07) is 3.05. The molecule has 0 saturated heterocycles. The molecule has 120 valence electrons. The number of aromatic nitrogens is 1. The topological polar surface area (TPSA) is 51.2 Å². The molecule has 2 aromatic rings. The van der Waals surface area contributed by atoms with E-state index in [1.165, 1.54) is 12.3 Å². The van der Waals surface area contributed by atoms with Crippen molar-refractivity contribution in [3.05, 3.63) is 34.2 Å². The zero-order valence-electron chi connectivity index (χ0n) is 12.7. The van der Waals surface area contributed by atoms with E-state index in [0.29, 0.717) is 27.8 Å². The van der Waals surface area contributed by atoms with Crippen LogP contribution < -0.4 is 5.32 Å². The van der Waals surface area contributed by atoms with Gasteiger partial charge in [0.05, 0.1) is 22.3 Å². The smallest absolute Gasteiger partial charge is 0.341 e. The number of carbonyl (C=O) groups is 1. The summed E-state index contributed by atoms with van der Waals surface area (Å²) in [5, 5.41) is 4.26. The second-order valence-electron chi connectivity index (χ2n) is 6.43. The van der Waals surface area contributed by atoms with Gasteiger partial charge >= 0.3 is 5.97 Å². The molecule has 0 spiro atoms. The minimum atomic E-state index is -0.406. The number of nitrogens with zero attached hydrogens (tertiary/aromatic N) is 1. The molecule has 5 rings (SSSR count). The van der Waals surface area contributed by atoms with Gasteiger partial charge in [0.2, 0.25) is 0 Å². The standard InChI is InChI=1S/C17H16BrFN2O2/c1-2-23-16(22)11-8-20-14-4-13(19)12(18)3-10(14)15(11)21-17-5-9(6-17)7-17/h3-4,8-9H,2,5-7H2,1H3,(H,20,21). The number of carbonyl (C=O) groups excluding carboxylic acids is 1. The van der Waals surface area contributed by atoms with Crippen molar-refractivity contribution in [3.8, 4) is 0 Å². The van der Waals surface area contributed by atoms with Gasteiger partial charge in [0.1, 0.15) is 11.4 Å². The molecule has 0 aliphatic heterocycles. The molecule has 3 fully saturated rings. The van der Waals surface area contributed by atoms with E-state index in [1.807, 2.05) is 0 Å². The van der Waals surface area contributed by atoms with Crippen LogP contribution in [0.1, 0.15) is 36.5 Å². The van der Waals surface area contributed by atoms with Crippen LogP contribution in [0.5, 0.6) is 0 Å². The van der Waals surface area contributed by atoms with Gasteiger partial charge in [-0.1, -0.05) is 0 Å². The van der Waals surface area contributed by atoms with E-state index >= 15 is 0 Å². The van der Waals surface area contributed by atoms with Gasteiger partial charge in [-0.3, -0.25) is 4.98 Å². The summed E-state index contributed by atoms with van der Waals surface area (Å²) in [6.45, 7) is 2.07. The van der Waals surface area contributed by atoms with Crippen LogP contribution in [0.2, 0.25) is 0 Å². The van der Waals surface area contributed by atoms with Crippen molar-refractivity contribution in [2.45, 2.75) is 31.7 Å². The molecule has 0 radical (unpaired) electrons. The van der Waals surface area contributed by atoms with Crippen LogP contribution in [-0.4, -0.2) is 23.1 Å². The molecule has 1 heterocycles. The van der Waals surface area contributed by atoms with Gasteiger partial charge in [-0.25, -0.2) is 9.18 Å². The van der Waals surface area contributed by atoms with Crippen LogP contribution in [0.3, 0.4) is 0 Å². The average molecular weight is 379 g/mol. The monoisotopic (exact) mass is 378 g/mol. The second kappa shape index (κ2) is 5.16. The lowest BCUT2D eigenvalue weighted by Crippen LogP contribution is -2.63. The zero-order chi connectivity index (χ0) is 16.2. The van der Waals surface area contributed by atoms with Gasteiger partial charge in [0.25, 0.3) is 0 Å². The molecular formula is C17H16BrFN2O2. The van der Waals surface area contributed by atoms with Crippen molar-refractivity contribution in [2.75, 3.05) is 11.9 Å². The Morgan fingerprint density at radius 3 is 2.83 bits per heavy atom. The molecule has 2 bridgehead atoms. The van der Waals surface area contributed by atoms with E-state index in [-0.39, 0.29) is 11.4 Å². The Labute approximate surface area is 141 Å². The van der Waals surface area contributed by atoms with E-state index in [1.54, 1.807) is 13.0 Å². The number of halogens is 2. The molecule has 3 saturated carbocycles. The van der Waals surface area contributed by atoms with E-state index in [2.05, 4.69) is 26.2 Å². The number of esters is 1. The molecule has 6 heteroatoms. The lowest BCUT2D eigenvalue weighted by Gasteiger charge is -2.62. The number of pyridine rings is 1. The Kier molecular flexibility index (Phi) is 3.34. The lowest BCUT2D eigenvalue weighted by atomic mass is 9.50. The molecule has 0 unspecified atom stereocenters. The fourth-order valence-electron chi connectivity index (χ4n) is 3.58. The molecule has 3 aliphatic carbocycles. The van der Waals surface area contributed by atoms with Crippen molar-refractivity contribution in [3.63, 3.8) is 0 Å². The maximum absolute atomic E-state index is 13.8. The highest BCUT2D eigenvalue weighted by molar-refractivity contribution is 9.10. The van der Waals surface area contributed by atoms with Crippen molar-refractivity contribution >= 4 is 38.5 Å². The van der Waals surface area contributed by atoms with Gasteiger partial charge in [-0.15, -0.1) is 0 Å². The zero-order valence-corrected chi connectivity index (χ0v) is 14.2. The Morgan fingerprint density at radius 1 is 1.48 bits per heavy atom. The Hall–Kier alpha value is -1.69. The van der Waals surface area contributed by atoms with Gasteiger partial charge in [0, 0.05) is 23.2 Å². The Balaban J connectivity index is 1.86. The maximum Gasteiger partial charge on any atom is 0.341 e. The summed E-state index contributed by atoms with van der Waals surface area (Å²) in [6.07, 6.45) is 4.85. The van der Waals surface area contributed by atoms with Crippen LogP contribution in [0.25, 0.3) is 10.9 Å². The number of hydrogen-bond donors (Lipinski definition) is 1. The number of fused-ring (bicyclic) bond motifs is 1. The van der Waals surface area contributed by atoms with Crippen LogP contribution in [-0.2, 0) is 4.74 Å². The minimum Gasteiger partial charge on any atom is -0.462 e. The summed E-state index contributed by atoms with van der Waals surface area (Å²) < 4.78 is 19.3. The first-order valence-electron chi connectivity index (χ1n) is 7.74. The first-order valence-corrected chi connectivity index (χ1v) is 8.54. The predicted molar refractivity (Wildman–Crippen MR) is 89.1 cm³/mol. The van der Waals surface area contributed by atoms with Crippen molar-refractivity contribution < 1.29 is 13.9 Å². The number of nitrogens with one attached hydrogen (secondary N) is 1. The van der Waals surface area contributed by atoms with Crippen molar-refractivity contribution in [1.29, 1.82) is 0 Å². The lowest BCUT2D eigenvalue weighted by molar-refractivity contribution is 0.00213. The predicted octanol–water partition coefficient (Wildman–Crippen LogP) is 4.28. The van der Waals surface area contributed by atoms with E-state index < -0.39 is 5.97 Å². The summed E-state index contributed by atoms with van der Waals surface area (Å²) in [4.78, 5) is 16.5. The van der Waals surface area contributed by atoms with E-state index in [0.717, 1.165) is 30.6 Å². The van der Waals surface area contributed by atoms with Crippen LogP contribution in [0, 0.1) is 11.7 Å². The van der Waals surface area contributed by atoms with E-state index in [9.17, 15) is 9.18 Å². The summed E-state index contributed by atoms with van der Waals surface area (Å²) in [5.74, 6) is 0.0348. The largest absolute Gasteiger partial charge is 0.462 e. The SMILES string of the molecule is CCOC(=O)c1cnc2cc(F)c(Br)cc2c1NC12CC(C1)C2. The van der Waals surface area contributed by atoms with Crippen molar-refractivity contribution in [2.24, 2.45) is 5.92 Å². The highest BCUT2D eigenvalue weighted by atomic mass is 79.9. The normalized spacial score (nSPS) is 24.7. The molecular weight excluding hydrogens is 363 g/mol. The minimum absolute atomic E-state index is 0.0844. The highest BCUT2D eigenvalue weighted by Crippen LogP contribution is 2.59. The second-order valence-corrected chi connectivity index (χ2v) is 7.29. The number of ether oxygens (including phenoxy) is 1. The Morgan fingerprint density at radius 2 is 2.22 bits per heavy atom. The third-order valence-electron chi connectivity index (χ3n) is 4.83.